The number of rotatable bonds is 10. The number of aryl methyl sites for hydroxylation is 1. The first kappa shape index (κ1) is 30.1. The normalized spacial score (nSPS) is 11.4. The van der Waals surface area contributed by atoms with Crippen LogP contribution in [-0.2, 0) is 28.8 Å². The first-order chi connectivity index (χ1) is 18.4. The smallest absolute Gasteiger partial charge is 0.382 e. The van der Waals surface area contributed by atoms with Crippen LogP contribution in [0.4, 0.5) is 27.6 Å². The van der Waals surface area contributed by atoms with E-state index >= 15 is 0 Å². The molecule has 0 fully saturated rings. The first-order valence-corrected chi connectivity index (χ1v) is 12.0. The van der Waals surface area contributed by atoms with E-state index in [4.69, 9.17) is 9.47 Å². The highest BCUT2D eigenvalue weighted by Crippen LogP contribution is 2.32. The molecule has 0 aliphatic rings. The van der Waals surface area contributed by atoms with Crippen LogP contribution in [0.2, 0.25) is 0 Å². The number of amides is 2. The summed E-state index contributed by atoms with van der Waals surface area (Å²) in [6.45, 7) is 1.98. The summed E-state index contributed by atoms with van der Waals surface area (Å²) in [5.74, 6) is -3.09. The predicted molar refractivity (Wildman–Crippen MR) is 137 cm³/mol. The molecule has 0 aromatic heterocycles. The van der Waals surface area contributed by atoms with E-state index in [1.54, 1.807) is 0 Å². The molecule has 3 aromatic rings. The summed E-state index contributed by atoms with van der Waals surface area (Å²) in [5.41, 5.74) is -0.235. The van der Waals surface area contributed by atoms with E-state index in [9.17, 15) is 31.5 Å². The summed E-state index contributed by atoms with van der Waals surface area (Å²) in [4.78, 5) is 25.6. The summed E-state index contributed by atoms with van der Waals surface area (Å²) < 4.78 is 77.5. The monoisotopic (exact) mass is 568 g/mol. The number of thiol groups is 1. The Morgan fingerprint density at radius 3 is 2.33 bits per heavy atom. The fourth-order valence-corrected chi connectivity index (χ4v) is 3.86. The summed E-state index contributed by atoms with van der Waals surface area (Å²) in [6.07, 6.45) is -4.55. The molecule has 3 aromatic carbocycles. The quantitative estimate of drug-likeness (QED) is 0.161. The fraction of sp³-hybridized carbons (Fsp3) is 0.259. The van der Waals surface area contributed by atoms with Crippen molar-refractivity contribution in [1.29, 1.82) is 0 Å². The van der Waals surface area contributed by atoms with E-state index in [-0.39, 0.29) is 41.5 Å². The molecule has 12 heteroatoms. The number of halogens is 5. The Kier molecular flexibility index (Phi) is 10.1. The second-order valence-electron chi connectivity index (χ2n) is 8.47. The van der Waals surface area contributed by atoms with Gasteiger partial charge >= 0.3 is 6.18 Å². The van der Waals surface area contributed by atoms with Crippen molar-refractivity contribution in [1.82, 2.24) is 5.32 Å². The average Bonchev–Trinajstić information content (AvgIpc) is 2.86. The van der Waals surface area contributed by atoms with Gasteiger partial charge in [-0.15, -0.1) is 12.6 Å². The molecule has 0 saturated carbocycles. The number of hydrogen-bond acceptors (Lipinski definition) is 5. The zero-order chi connectivity index (χ0) is 28.7. The lowest BCUT2D eigenvalue weighted by molar-refractivity contribution is -0.137. The van der Waals surface area contributed by atoms with Crippen molar-refractivity contribution < 1.29 is 41.0 Å². The lowest BCUT2D eigenvalue weighted by atomic mass is 10.1. The van der Waals surface area contributed by atoms with E-state index in [0.29, 0.717) is 17.7 Å². The molecule has 0 heterocycles. The molecule has 0 aliphatic heterocycles. The second kappa shape index (κ2) is 13.0. The van der Waals surface area contributed by atoms with Crippen LogP contribution in [0, 0.1) is 18.6 Å². The van der Waals surface area contributed by atoms with Crippen LogP contribution in [0.1, 0.15) is 43.0 Å². The Labute approximate surface area is 226 Å². The average molecular weight is 569 g/mol. The molecule has 0 unspecified atom stereocenters. The van der Waals surface area contributed by atoms with Gasteiger partial charge in [-0.25, -0.2) is 8.78 Å². The molecule has 39 heavy (non-hydrogen) atoms. The molecule has 2 amide bonds. The van der Waals surface area contributed by atoms with E-state index in [0.717, 1.165) is 30.3 Å². The number of alkyl halides is 3. The van der Waals surface area contributed by atoms with Crippen LogP contribution in [0.5, 0.6) is 0 Å². The van der Waals surface area contributed by atoms with Crippen molar-refractivity contribution in [2.45, 2.75) is 31.1 Å². The predicted octanol–water partition coefficient (Wildman–Crippen LogP) is 5.93. The van der Waals surface area contributed by atoms with Gasteiger partial charge in [-0.3, -0.25) is 9.59 Å². The molecular weight excluding hydrogens is 543 g/mol. The van der Waals surface area contributed by atoms with Gasteiger partial charge in [-0.1, -0.05) is 6.07 Å². The van der Waals surface area contributed by atoms with Gasteiger partial charge in [0, 0.05) is 24.2 Å². The van der Waals surface area contributed by atoms with Crippen molar-refractivity contribution in [3.8, 4) is 0 Å². The SMILES string of the molecule is COCCOCc1cc(F)ccc1CNC(=O)c1cc(C(=O)Nc2ccc(C(F)(F)F)cc2C)c(S)cc1F. The molecular formula is C27H25F5N2O4S. The summed E-state index contributed by atoms with van der Waals surface area (Å²) in [6, 6.07) is 8.62. The molecule has 0 aliphatic carbocycles. The van der Waals surface area contributed by atoms with Crippen molar-refractivity contribution in [2.75, 3.05) is 25.6 Å². The van der Waals surface area contributed by atoms with E-state index in [1.807, 2.05) is 0 Å². The number of methoxy groups -OCH3 is 1. The van der Waals surface area contributed by atoms with E-state index in [2.05, 4.69) is 23.3 Å². The summed E-state index contributed by atoms with van der Waals surface area (Å²) in [7, 11) is 1.51. The van der Waals surface area contributed by atoms with E-state index < -0.39 is 40.8 Å². The van der Waals surface area contributed by atoms with Crippen LogP contribution in [0.3, 0.4) is 0 Å². The fourth-order valence-electron chi connectivity index (χ4n) is 3.58. The van der Waals surface area contributed by atoms with Gasteiger partial charge in [0.1, 0.15) is 11.6 Å². The standard InChI is InChI=1S/C27H25F5N2O4S/c1-15-9-18(27(30,31)32)4-6-23(15)34-26(36)21-11-20(22(29)12-24(21)39)25(35)33-13-16-3-5-19(28)10-17(16)14-38-8-7-37-2/h3-6,9-12,39H,7-8,13-14H2,1-2H3,(H,33,35)(H,34,36). The van der Waals surface area contributed by atoms with Crippen LogP contribution < -0.4 is 10.6 Å². The first-order valence-electron chi connectivity index (χ1n) is 11.5. The Morgan fingerprint density at radius 1 is 0.923 bits per heavy atom. The Hall–Kier alpha value is -3.48. The van der Waals surface area contributed by atoms with E-state index in [1.165, 1.54) is 32.2 Å². The highest BCUT2D eigenvalue weighted by atomic mass is 32.1. The topological polar surface area (TPSA) is 76.7 Å². The largest absolute Gasteiger partial charge is 0.416 e. The minimum atomic E-state index is -4.55. The van der Waals surface area contributed by atoms with Crippen LogP contribution in [0.15, 0.2) is 53.4 Å². The van der Waals surface area contributed by atoms with Crippen molar-refractivity contribution in [3.63, 3.8) is 0 Å². The Balaban J connectivity index is 1.76. The van der Waals surface area contributed by atoms with Gasteiger partial charge in [-0.05, 0) is 66.1 Å². The molecule has 3 rings (SSSR count). The third-order valence-electron chi connectivity index (χ3n) is 5.67. The maximum absolute atomic E-state index is 14.7. The third-order valence-corrected chi connectivity index (χ3v) is 6.04. The van der Waals surface area contributed by atoms with Gasteiger partial charge in [0.2, 0.25) is 0 Å². The zero-order valence-corrected chi connectivity index (χ0v) is 21.8. The number of anilines is 1. The number of nitrogens with one attached hydrogen (secondary N) is 2. The van der Waals surface area contributed by atoms with Gasteiger partial charge in [0.25, 0.3) is 11.8 Å². The number of carbonyl (C=O) groups excluding carboxylic acids is 2. The molecule has 0 spiro atoms. The zero-order valence-electron chi connectivity index (χ0n) is 20.9. The number of benzene rings is 3. The molecule has 0 saturated heterocycles. The number of ether oxygens (including phenoxy) is 2. The maximum atomic E-state index is 14.7. The molecule has 2 N–H and O–H groups in total. The van der Waals surface area contributed by atoms with Crippen molar-refractivity contribution in [2.24, 2.45) is 0 Å². The highest BCUT2D eigenvalue weighted by Gasteiger charge is 2.30. The minimum absolute atomic E-state index is 0.0583. The lowest BCUT2D eigenvalue weighted by Gasteiger charge is -2.14. The second-order valence-corrected chi connectivity index (χ2v) is 8.95. The third kappa shape index (κ3) is 8.01. The van der Waals surface area contributed by atoms with Crippen LogP contribution in [0.25, 0.3) is 0 Å². The van der Waals surface area contributed by atoms with Gasteiger partial charge in [0.15, 0.2) is 0 Å². The molecule has 0 bridgehead atoms. The van der Waals surface area contributed by atoms with Crippen molar-refractivity contribution in [3.05, 3.63) is 93.5 Å². The van der Waals surface area contributed by atoms with Crippen LogP contribution in [-0.4, -0.2) is 32.1 Å². The Bertz CT molecular complexity index is 1360. The van der Waals surface area contributed by atoms with Gasteiger partial charge < -0.3 is 20.1 Å². The lowest BCUT2D eigenvalue weighted by Crippen LogP contribution is -2.25. The van der Waals surface area contributed by atoms with Gasteiger partial charge in [0.05, 0.1) is 36.5 Å². The van der Waals surface area contributed by atoms with Crippen LogP contribution >= 0.6 is 12.6 Å². The summed E-state index contributed by atoms with van der Waals surface area (Å²) in [5, 5.41) is 5.00. The Morgan fingerprint density at radius 2 is 1.67 bits per heavy atom. The molecule has 0 atom stereocenters. The minimum Gasteiger partial charge on any atom is -0.382 e. The van der Waals surface area contributed by atoms with Gasteiger partial charge in [-0.2, -0.15) is 13.2 Å². The molecule has 6 nitrogen and oxygen atoms in total. The highest BCUT2D eigenvalue weighted by molar-refractivity contribution is 7.80. The molecule has 208 valence electrons. The summed E-state index contributed by atoms with van der Waals surface area (Å²) >= 11 is 4.11. The van der Waals surface area contributed by atoms with Crippen molar-refractivity contribution >= 4 is 30.1 Å². The molecule has 0 radical (unpaired) electrons. The maximum Gasteiger partial charge on any atom is 0.416 e. The number of carbonyl (C=O) groups is 2. The number of hydrogen-bond donors (Lipinski definition) is 3.